The molecule has 0 saturated heterocycles. The van der Waals surface area contributed by atoms with Crippen LogP contribution in [0, 0.1) is 18.3 Å². The Hall–Kier alpha value is -2.81. The molecule has 0 saturated carbocycles. The Morgan fingerprint density at radius 1 is 1.45 bits per heavy atom. The van der Waals surface area contributed by atoms with Gasteiger partial charge in [0.2, 0.25) is 0 Å². The second-order valence-corrected chi connectivity index (χ2v) is 4.61. The maximum absolute atomic E-state index is 9.25. The Labute approximate surface area is 117 Å². The van der Waals surface area contributed by atoms with Crippen molar-refractivity contribution < 1.29 is 0 Å². The molecule has 2 N–H and O–H groups in total. The molecular formula is C14H16N6. The number of aromatic amines is 1. The predicted molar refractivity (Wildman–Crippen MR) is 79.6 cm³/mol. The van der Waals surface area contributed by atoms with Crippen molar-refractivity contribution >= 4 is 23.7 Å². The minimum atomic E-state index is 0.393. The van der Waals surface area contributed by atoms with Crippen LogP contribution >= 0.6 is 0 Å². The summed E-state index contributed by atoms with van der Waals surface area (Å²) in [6.07, 6.45) is 1.62. The third-order valence-corrected chi connectivity index (χ3v) is 2.56. The quantitative estimate of drug-likeness (QED) is 0.659. The van der Waals surface area contributed by atoms with Crippen molar-refractivity contribution in [1.29, 1.82) is 5.26 Å². The first kappa shape index (κ1) is 13.6. The molecule has 0 atom stereocenters. The van der Waals surface area contributed by atoms with Gasteiger partial charge in [0.1, 0.15) is 11.6 Å². The van der Waals surface area contributed by atoms with Crippen molar-refractivity contribution in [3.63, 3.8) is 0 Å². The summed E-state index contributed by atoms with van der Waals surface area (Å²) in [5, 5.41) is 19.2. The van der Waals surface area contributed by atoms with Gasteiger partial charge in [-0.25, -0.2) is 4.99 Å². The SMILES string of the molecule is Cc1cccc(Nc2n[nH]c(/N=C/N(C)C)c2C#N)c1. The average molecular weight is 268 g/mol. The summed E-state index contributed by atoms with van der Waals surface area (Å²) in [7, 11) is 3.72. The van der Waals surface area contributed by atoms with Gasteiger partial charge in [0.05, 0.1) is 6.34 Å². The van der Waals surface area contributed by atoms with Gasteiger partial charge in [-0.2, -0.15) is 10.4 Å². The van der Waals surface area contributed by atoms with Gasteiger partial charge in [-0.1, -0.05) is 12.1 Å². The molecule has 0 aliphatic carbocycles. The van der Waals surface area contributed by atoms with E-state index in [-0.39, 0.29) is 0 Å². The number of hydrogen-bond acceptors (Lipinski definition) is 4. The number of H-pyrrole nitrogens is 1. The fourth-order valence-electron chi connectivity index (χ4n) is 1.66. The van der Waals surface area contributed by atoms with Crippen LogP contribution in [0.3, 0.4) is 0 Å². The van der Waals surface area contributed by atoms with Gasteiger partial charge in [-0.3, -0.25) is 5.10 Å². The average Bonchev–Trinajstić information content (AvgIpc) is 2.78. The van der Waals surface area contributed by atoms with Crippen LogP contribution in [0.5, 0.6) is 0 Å². The van der Waals surface area contributed by atoms with Crippen molar-refractivity contribution in [3.05, 3.63) is 35.4 Å². The highest BCUT2D eigenvalue weighted by Crippen LogP contribution is 2.25. The van der Waals surface area contributed by atoms with Gasteiger partial charge in [-0.15, -0.1) is 0 Å². The minimum Gasteiger partial charge on any atom is -0.369 e. The Bertz CT molecular complexity index is 663. The van der Waals surface area contributed by atoms with Gasteiger partial charge >= 0.3 is 0 Å². The first-order valence-corrected chi connectivity index (χ1v) is 6.13. The van der Waals surface area contributed by atoms with E-state index < -0.39 is 0 Å². The highest BCUT2D eigenvalue weighted by molar-refractivity contribution is 5.71. The third-order valence-electron chi connectivity index (χ3n) is 2.56. The van der Waals surface area contributed by atoms with Gasteiger partial charge < -0.3 is 10.2 Å². The lowest BCUT2D eigenvalue weighted by Gasteiger charge is -2.04. The van der Waals surface area contributed by atoms with Crippen molar-refractivity contribution in [2.24, 2.45) is 4.99 Å². The molecule has 6 nitrogen and oxygen atoms in total. The van der Waals surface area contributed by atoms with Crippen LogP contribution < -0.4 is 5.32 Å². The molecule has 20 heavy (non-hydrogen) atoms. The van der Waals surface area contributed by atoms with Crippen molar-refractivity contribution in [2.75, 3.05) is 19.4 Å². The zero-order chi connectivity index (χ0) is 14.5. The normalized spacial score (nSPS) is 10.5. The van der Waals surface area contributed by atoms with Crippen molar-refractivity contribution in [1.82, 2.24) is 15.1 Å². The van der Waals surface area contributed by atoms with E-state index in [4.69, 9.17) is 0 Å². The summed E-state index contributed by atoms with van der Waals surface area (Å²) in [4.78, 5) is 5.96. The number of nitrogens with one attached hydrogen (secondary N) is 2. The molecule has 0 spiro atoms. The van der Waals surface area contributed by atoms with Crippen molar-refractivity contribution in [2.45, 2.75) is 6.92 Å². The molecule has 0 fully saturated rings. The van der Waals surface area contributed by atoms with Crippen LogP contribution in [-0.2, 0) is 0 Å². The van der Waals surface area contributed by atoms with Crippen LogP contribution in [-0.4, -0.2) is 35.5 Å². The standard InChI is InChI=1S/C14H16N6/c1-10-5-4-6-11(7-10)17-14-12(8-15)13(18-19-14)16-9-20(2)3/h4-7,9H,1-3H3,(H2,17,18,19)/b16-9+. The minimum absolute atomic E-state index is 0.393. The zero-order valence-corrected chi connectivity index (χ0v) is 11.7. The second kappa shape index (κ2) is 5.89. The molecular weight excluding hydrogens is 252 g/mol. The van der Waals surface area contributed by atoms with Crippen LogP contribution in [0.4, 0.5) is 17.3 Å². The Morgan fingerprint density at radius 2 is 2.25 bits per heavy atom. The monoisotopic (exact) mass is 268 g/mol. The molecule has 0 aliphatic rings. The molecule has 1 aromatic heterocycles. The molecule has 0 amide bonds. The van der Waals surface area contributed by atoms with E-state index in [1.54, 1.807) is 11.2 Å². The third kappa shape index (κ3) is 3.14. The van der Waals surface area contributed by atoms with E-state index in [1.165, 1.54) is 0 Å². The smallest absolute Gasteiger partial charge is 0.172 e. The molecule has 1 heterocycles. The Balaban J connectivity index is 2.27. The molecule has 2 aromatic rings. The number of aliphatic imine (C=N–C) groups is 1. The van der Waals surface area contributed by atoms with Gasteiger partial charge in [-0.05, 0) is 24.6 Å². The highest BCUT2D eigenvalue weighted by Gasteiger charge is 2.12. The first-order chi connectivity index (χ1) is 9.60. The van der Waals surface area contributed by atoms with Crippen LogP contribution in [0.2, 0.25) is 0 Å². The van der Waals surface area contributed by atoms with Crippen molar-refractivity contribution in [3.8, 4) is 6.07 Å². The second-order valence-electron chi connectivity index (χ2n) is 4.61. The van der Waals surface area contributed by atoms with Gasteiger partial charge in [0.25, 0.3) is 0 Å². The fourth-order valence-corrected chi connectivity index (χ4v) is 1.66. The largest absolute Gasteiger partial charge is 0.369 e. The summed E-state index contributed by atoms with van der Waals surface area (Å²) in [5.41, 5.74) is 2.41. The molecule has 6 heteroatoms. The molecule has 0 aliphatic heterocycles. The number of hydrogen-bond donors (Lipinski definition) is 2. The molecule has 0 radical (unpaired) electrons. The number of benzene rings is 1. The summed E-state index contributed by atoms with van der Waals surface area (Å²) in [6, 6.07) is 9.97. The van der Waals surface area contributed by atoms with E-state index in [1.807, 2.05) is 45.3 Å². The molecule has 1 aromatic carbocycles. The number of nitriles is 1. The number of anilines is 2. The molecule has 102 valence electrons. The van der Waals surface area contributed by atoms with E-state index >= 15 is 0 Å². The maximum Gasteiger partial charge on any atom is 0.172 e. The van der Waals surface area contributed by atoms with Crippen LogP contribution in [0.15, 0.2) is 29.3 Å². The lowest BCUT2D eigenvalue weighted by atomic mass is 10.2. The summed E-state index contributed by atoms with van der Waals surface area (Å²) >= 11 is 0. The number of aryl methyl sites for hydroxylation is 1. The van der Waals surface area contributed by atoms with E-state index in [9.17, 15) is 5.26 Å². The summed E-state index contributed by atoms with van der Waals surface area (Å²) < 4.78 is 0. The molecule has 0 unspecified atom stereocenters. The Kier molecular flexibility index (Phi) is 4.01. The fraction of sp³-hybridized carbons (Fsp3) is 0.214. The maximum atomic E-state index is 9.25. The lowest BCUT2D eigenvalue weighted by molar-refractivity contribution is 0.643. The van der Waals surface area contributed by atoms with E-state index in [0.29, 0.717) is 17.2 Å². The number of aromatic nitrogens is 2. The van der Waals surface area contributed by atoms with Crippen LogP contribution in [0.25, 0.3) is 0 Å². The number of nitrogens with zero attached hydrogens (tertiary/aromatic N) is 4. The molecule has 2 rings (SSSR count). The van der Waals surface area contributed by atoms with Crippen LogP contribution in [0.1, 0.15) is 11.1 Å². The van der Waals surface area contributed by atoms with Gasteiger partial charge in [0.15, 0.2) is 11.6 Å². The topological polar surface area (TPSA) is 80.1 Å². The van der Waals surface area contributed by atoms with E-state index in [2.05, 4.69) is 26.6 Å². The summed E-state index contributed by atoms with van der Waals surface area (Å²) in [6.45, 7) is 2.01. The van der Waals surface area contributed by atoms with Gasteiger partial charge in [0, 0.05) is 19.8 Å². The number of rotatable bonds is 4. The predicted octanol–water partition coefficient (Wildman–Crippen LogP) is 2.55. The Morgan fingerprint density at radius 3 is 2.90 bits per heavy atom. The lowest BCUT2D eigenvalue weighted by Crippen LogP contribution is -2.07. The molecule has 0 bridgehead atoms. The highest BCUT2D eigenvalue weighted by atomic mass is 15.2. The van der Waals surface area contributed by atoms with E-state index in [0.717, 1.165) is 11.3 Å². The first-order valence-electron chi connectivity index (χ1n) is 6.13. The zero-order valence-electron chi connectivity index (χ0n) is 11.7. The summed E-state index contributed by atoms with van der Waals surface area (Å²) in [5.74, 6) is 0.917.